The van der Waals surface area contributed by atoms with E-state index in [1.807, 2.05) is 0 Å². The van der Waals surface area contributed by atoms with Gasteiger partial charge in [0.15, 0.2) is 0 Å². The van der Waals surface area contributed by atoms with Crippen molar-refractivity contribution >= 4 is 0 Å². The third-order valence-electron chi connectivity index (χ3n) is 3.92. The van der Waals surface area contributed by atoms with Gasteiger partial charge in [0.1, 0.15) is 12.4 Å². The van der Waals surface area contributed by atoms with Crippen molar-refractivity contribution in [3.8, 4) is 5.75 Å². The summed E-state index contributed by atoms with van der Waals surface area (Å²) in [7, 11) is 0. The molecule has 1 unspecified atom stereocenters. The average molecular weight is 291 g/mol. The normalized spacial score (nSPS) is 19.0. The molecule has 3 heteroatoms. The Kier molecular flexibility index (Phi) is 6.07. The van der Waals surface area contributed by atoms with Gasteiger partial charge in [-0.05, 0) is 49.8 Å². The minimum atomic E-state index is 0.264. The highest BCUT2D eigenvalue weighted by molar-refractivity contribution is 5.43. The van der Waals surface area contributed by atoms with Gasteiger partial charge in [0.2, 0.25) is 0 Å². The van der Waals surface area contributed by atoms with E-state index in [9.17, 15) is 0 Å². The van der Waals surface area contributed by atoms with Crippen LogP contribution in [0.4, 0.5) is 0 Å². The van der Waals surface area contributed by atoms with E-state index in [2.05, 4.69) is 45.1 Å². The minimum absolute atomic E-state index is 0.264. The van der Waals surface area contributed by atoms with Crippen LogP contribution >= 0.6 is 0 Å². The SMILES string of the molecule is Cc1cc(CNC(C)C)cc(C)c1OCC1CCCCO1. The maximum Gasteiger partial charge on any atom is 0.125 e. The van der Waals surface area contributed by atoms with Gasteiger partial charge < -0.3 is 14.8 Å². The fourth-order valence-electron chi connectivity index (χ4n) is 2.81. The van der Waals surface area contributed by atoms with Crippen LogP contribution in [0.5, 0.6) is 5.75 Å². The van der Waals surface area contributed by atoms with Crippen LogP contribution in [-0.4, -0.2) is 25.4 Å². The van der Waals surface area contributed by atoms with Crippen LogP contribution < -0.4 is 10.1 Å². The Balaban J connectivity index is 1.95. The number of nitrogens with one attached hydrogen (secondary N) is 1. The Morgan fingerprint density at radius 2 is 1.95 bits per heavy atom. The highest BCUT2D eigenvalue weighted by atomic mass is 16.5. The van der Waals surface area contributed by atoms with Crippen molar-refractivity contribution in [2.24, 2.45) is 0 Å². The van der Waals surface area contributed by atoms with Crippen molar-refractivity contribution in [1.29, 1.82) is 0 Å². The molecule has 2 rings (SSSR count). The van der Waals surface area contributed by atoms with Gasteiger partial charge in [-0.3, -0.25) is 0 Å². The zero-order valence-electron chi connectivity index (χ0n) is 13.9. The quantitative estimate of drug-likeness (QED) is 0.866. The summed E-state index contributed by atoms with van der Waals surface area (Å²) in [6.45, 7) is 11.1. The van der Waals surface area contributed by atoms with E-state index in [-0.39, 0.29) is 6.10 Å². The molecule has 0 spiro atoms. The smallest absolute Gasteiger partial charge is 0.125 e. The molecule has 21 heavy (non-hydrogen) atoms. The molecular formula is C18H29NO2. The lowest BCUT2D eigenvalue weighted by Crippen LogP contribution is -2.26. The van der Waals surface area contributed by atoms with E-state index in [0.717, 1.165) is 25.3 Å². The second-order valence-corrected chi connectivity index (χ2v) is 6.39. The summed E-state index contributed by atoms with van der Waals surface area (Å²) in [5.74, 6) is 1.03. The van der Waals surface area contributed by atoms with Gasteiger partial charge in [-0.2, -0.15) is 0 Å². The molecule has 1 saturated heterocycles. The lowest BCUT2D eigenvalue weighted by atomic mass is 10.1. The summed E-state index contributed by atoms with van der Waals surface area (Å²) in [4.78, 5) is 0. The van der Waals surface area contributed by atoms with Crippen molar-refractivity contribution < 1.29 is 9.47 Å². The summed E-state index contributed by atoms with van der Waals surface area (Å²) in [5.41, 5.74) is 3.75. The molecule has 118 valence electrons. The van der Waals surface area contributed by atoms with Crippen LogP contribution in [0.2, 0.25) is 0 Å². The molecule has 3 nitrogen and oxygen atoms in total. The van der Waals surface area contributed by atoms with E-state index < -0.39 is 0 Å². The van der Waals surface area contributed by atoms with Crippen LogP contribution in [0.3, 0.4) is 0 Å². The average Bonchev–Trinajstić information content (AvgIpc) is 2.45. The van der Waals surface area contributed by atoms with Gasteiger partial charge in [0.25, 0.3) is 0 Å². The summed E-state index contributed by atoms with van der Waals surface area (Å²) < 4.78 is 11.8. The third kappa shape index (κ3) is 5.01. The Labute approximate surface area is 129 Å². The Hall–Kier alpha value is -1.06. The largest absolute Gasteiger partial charge is 0.490 e. The first-order chi connectivity index (χ1) is 10.1. The van der Waals surface area contributed by atoms with E-state index in [1.165, 1.54) is 29.5 Å². The van der Waals surface area contributed by atoms with Crippen molar-refractivity contribution in [1.82, 2.24) is 5.32 Å². The van der Waals surface area contributed by atoms with Crippen LogP contribution in [0, 0.1) is 13.8 Å². The maximum atomic E-state index is 6.04. The maximum absolute atomic E-state index is 6.04. The molecule has 1 aliphatic rings. The van der Waals surface area contributed by atoms with Gasteiger partial charge in [0.05, 0.1) is 6.10 Å². The molecule has 0 saturated carbocycles. The number of ether oxygens (including phenoxy) is 2. The lowest BCUT2D eigenvalue weighted by Gasteiger charge is -2.24. The van der Waals surface area contributed by atoms with Crippen molar-refractivity contribution in [3.05, 3.63) is 28.8 Å². The monoisotopic (exact) mass is 291 g/mol. The van der Waals surface area contributed by atoms with Crippen LogP contribution in [0.25, 0.3) is 0 Å². The molecule has 0 bridgehead atoms. The van der Waals surface area contributed by atoms with E-state index in [0.29, 0.717) is 12.6 Å². The molecule has 0 amide bonds. The molecule has 0 aromatic heterocycles. The Morgan fingerprint density at radius 1 is 1.24 bits per heavy atom. The third-order valence-corrected chi connectivity index (χ3v) is 3.92. The summed E-state index contributed by atoms with van der Waals surface area (Å²) in [5, 5.41) is 3.46. The first-order valence-corrected chi connectivity index (χ1v) is 8.14. The molecule has 0 aliphatic carbocycles. The first-order valence-electron chi connectivity index (χ1n) is 8.14. The van der Waals surface area contributed by atoms with Crippen LogP contribution in [0.15, 0.2) is 12.1 Å². The predicted molar refractivity (Wildman–Crippen MR) is 87.0 cm³/mol. The number of hydrogen-bond acceptors (Lipinski definition) is 3. The standard InChI is InChI=1S/C18H29NO2/c1-13(2)19-11-16-9-14(3)18(15(4)10-16)21-12-17-7-5-6-8-20-17/h9-10,13,17,19H,5-8,11-12H2,1-4H3. The molecule has 1 aromatic rings. The molecule has 1 heterocycles. The van der Waals surface area contributed by atoms with E-state index >= 15 is 0 Å². The molecule has 1 aromatic carbocycles. The zero-order chi connectivity index (χ0) is 15.2. The van der Waals surface area contributed by atoms with Crippen molar-refractivity contribution in [2.45, 2.75) is 65.6 Å². The highest BCUT2D eigenvalue weighted by Gasteiger charge is 2.16. The van der Waals surface area contributed by atoms with Gasteiger partial charge in [0, 0.05) is 19.2 Å². The Bertz CT molecular complexity index is 428. The second kappa shape index (κ2) is 7.81. The number of aryl methyl sites for hydroxylation is 2. The van der Waals surface area contributed by atoms with Crippen LogP contribution in [-0.2, 0) is 11.3 Å². The van der Waals surface area contributed by atoms with Gasteiger partial charge >= 0.3 is 0 Å². The zero-order valence-corrected chi connectivity index (χ0v) is 13.9. The fraction of sp³-hybridized carbons (Fsp3) is 0.667. The summed E-state index contributed by atoms with van der Waals surface area (Å²) >= 11 is 0. The molecule has 1 fully saturated rings. The molecular weight excluding hydrogens is 262 g/mol. The number of rotatable bonds is 6. The molecule has 1 N–H and O–H groups in total. The second-order valence-electron chi connectivity index (χ2n) is 6.39. The Morgan fingerprint density at radius 3 is 2.52 bits per heavy atom. The number of hydrogen-bond donors (Lipinski definition) is 1. The van der Waals surface area contributed by atoms with Gasteiger partial charge in [-0.15, -0.1) is 0 Å². The topological polar surface area (TPSA) is 30.5 Å². The minimum Gasteiger partial charge on any atom is -0.490 e. The lowest BCUT2D eigenvalue weighted by molar-refractivity contribution is -0.0113. The summed E-state index contributed by atoms with van der Waals surface area (Å²) in [6.07, 6.45) is 3.83. The van der Waals surface area contributed by atoms with Crippen LogP contribution in [0.1, 0.15) is 49.8 Å². The predicted octanol–water partition coefficient (Wildman–Crippen LogP) is 3.75. The molecule has 0 radical (unpaired) electrons. The van der Waals surface area contributed by atoms with Gasteiger partial charge in [-0.25, -0.2) is 0 Å². The number of benzene rings is 1. The molecule has 1 atom stereocenters. The summed E-state index contributed by atoms with van der Waals surface area (Å²) in [6, 6.07) is 4.95. The van der Waals surface area contributed by atoms with E-state index in [1.54, 1.807) is 0 Å². The molecule has 1 aliphatic heterocycles. The van der Waals surface area contributed by atoms with E-state index in [4.69, 9.17) is 9.47 Å². The fourth-order valence-corrected chi connectivity index (χ4v) is 2.81. The van der Waals surface area contributed by atoms with Crippen molar-refractivity contribution in [2.75, 3.05) is 13.2 Å². The van der Waals surface area contributed by atoms with Crippen molar-refractivity contribution in [3.63, 3.8) is 0 Å². The highest BCUT2D eigenvalue weighted by Crippen LogP contribution is 2.26. The van der Waals surface area contributed by atoms with Gasteiger partial charge in [-0.1, -0.05) is 26.0 Å². The first kappa shape index (κ1) is 16.3.